The molecule has 0 spiro atoms. The molecule has 3 atom stereocenters. The van der Waals surface area contributed by atoms with E-state index in [4.69, 9.17) is 31.3 Å². The average Bonchev–Trinajstić information content (AvgIpc) is 3.19. The van der Waals surface area contributed by atoms with E-state index < -0.39 is 11.6 Å². The Morgan fingerprint density at radius 1 is 1.17 bits per heavy atom. The third-order valence-corrected chi connectivity index (χ3v) is 10.3. The van der Waals surface area contributed by atoms with Gasteiger partial charge in [-0.25, -0.2) is 23.8 Å². The van der Waals surface area contributed by atoms with E-state index in [1.807, 2.05) is 32.9 Å². The molecule has 4 aliphatic rings. The number of hydrogen-bond donors (Lipinski definition) is 0. The minimum Gasteiger partial charge on any atom is -0.477 e. The van der Waals surface area contributed by atoms with Crippen molar-refractivity contribution in [2.75, 3.05) is 19.7 Å². The van der Waals surface area contributed by atoms with Crippen LogP contribution in [0.25, 0.3) is 0 Å². The van der Waals surface area contributed by atoms with Crippen LogP contribution >= 0.6 is 11.6 Å². The third kappa shape index (κ3) is 7.51. The third-order valence-electron chi connectivity index (χ3n) is 10.0. The lowest BCUT2D eigenvalue weighted by atomic mass is 9.83. The molecule has 0 bridgehead atoms. The van der Waals surface area contributed by atoms with Gasteiger partial charge in [0, 0.05) is 18.0 Å². The van der Waals surface area contributed by atoms with Crippen molar-refractivity contribution in [1.82, 2.24) is 9.80 Å². The largest absolute Gasteiger partial charge is 0.477 e. The van der Waals surface area contributed by atoms with E-state index in [1.165, 1.54) is 12.1 Å². The van der Waals surface area contributed by atoms with Crippen molar-refractivity contribution in [2.24, 2.45) is 32.2 Å². The molecule has 1 aromatic rings. The van der Waals surface area contributed by atoms with Crippen LogP contribution in [0.15, 0.2) is 79.7 Å². The molecule has 0 N–H and O–H groups in total. The topological polar surface area (TPSA) is 69.9 Å². The number of allylic oxidation sites excluding steroid dienone is 7. The zero-order valence-corrected chi connectivity index (χ0v) is 30.2. The van der Waals surface area contributed by atoms with Gasteiger partial charge >= 0.3 is 0 Å². The Morgan fingerprint density at radius 3 is 2.60 bits per heavy atom. The minimum absolute atomic E-state index is 0.0426. The maximum absolute atomic E-state index is 15.6. The molecular formula is C38H48ClF2N5O2. The first-order valence-corrected chi connectivity index (χ1v) is 17.4. The van der Waals surface area contributed by atoms with Gasteiger partial charge in [-0.15, -0.1) is 0 Å². The molecule has 1 aliphatic carbocycles. The van der Waals surface area contributed by atoms with Crippen molar-refractivity contribution in [3.63, 3.8) is 0 Å². The second-order valence-electron chi connectivity index (χ2n) is 14.5. The maximum atomic E-state index is 15.6. The van der Waals surface area contributed by atoms with Gasteiger partial charge in [-0.05, 0) is 101 Å². The van der Waals surface area contributed by atoms with Crippen molar-refractivity contribution >= 4 is 35.1 Å². The van der Waals surface area contributed by atoms with Crippen LogP contribution in [0, 0.1) is 23.1 Å². The van der Waals surface area contributed by atoms with Gasteiger partial charge in [0.05, 0.1) is 35.3 Å². The zero-order valence-electron chi connectivity index (χ0n) is 29.4. The Kier molecular flexibility index (Phi) is 10.5. The number of likely N-dealkylation sites (N-methyl/N-ethyl adjacent to an activating group) is 1. The molecule has 48 heavy (non-hydrogen) atoms. The summed E-state index contributed by atoms with van der Waals surface area (Å²) in [6.45, 7) is 17.9. The summed E-state index contributed by atoms with van der Waals surface area (Å²) in [5, 5.41) is 0.0796. The van der Waals surface area contributed by atoms with E-state index >= 15 is 4.39 Å². The molecule has 7 nitrogen and oxygen atoms in total. The summed E-state index contributed by atoms with van der Waals surface area (Å²) in [5.41, 5.74) is 2.25. The fourth-order valence-corrected chi connectivity index (χ4v) is 6.59. The first kappa shape index (κ1) is 35.7. The number of halogens is 3. The normalized spacial score (nSPS) is 24.6. The molecule has 0 fully saturated rings. The Bertz CT molecular complexity index is 1650. The summed E-state index contributed by atoms with van der Waals surface area (Å²) in [7, 11) is 0. The second kappa shape index (κ2) is 14.1. The molecule has 10 heteroatoms. The summed E-state index contributed by atoms with van der Waals surface area (Å²) in [4.78, 5) is 32.6. The van der Waals surface area contributed by atoms with Gasteiger partial charge < -0.3 is 9.64 Å². The Hall–Kier alpha value is -3.59. The van der Waals surface area contributed by atoms with Crippen LogP contribution in [0.3, 0.4) is 0 Å². The number of nitrogens with zero attached hydrogens (tertiary/aromatic N) is 5. The summed E-state index contributed by atoms with van der Waals surface area (Å²) in [6.07, 6.45) is 9.58. The van der Waals surface area contributed by atoms with Crippen LogP contribution in [0.4, 0.5) is 8.78 Å². The highest BCUT2D eigenvalue weighted by molar-refractivity contribution is 6.31. The molecule has 3 heterocycles. The highest BCUT2D eigenvalue weighted by Crippen LogP contribution is 2.35. The van der Waals surface area contributed by atoms with Gasteiger partial charge in [0.1, 0.15) is 17.3 Å². The maximum Gasteiger partial charge on any atom is 0.280 e. The van der Waals surface area contributed by atoms with Crippen LogP contribution in [0.2, 0.25) is 0 Å². The molecule has 258 valence electrons. The summed E-state index contributed by atoms with van der Waals surface area (Å²) >= 11 is 6.06. The number of fused-ring (bicyclic) bond motifs is 1. The van der Waals surface area contributed by atoms with E-state index in [0.717, 1.165) is 18.5 Å². The molecule has 1 aromatic carbocycles. The number of amides is 1. The first-order chi connectivity index (χ1) is 22.6. The predicted molar refractivity (Wildman–Crippen MR) is 190 cm³/mol. The minimum atomic E-state index is -0.461. The first-order valence-electron chi connectivity index (χ1n) is 17.0. The fraction of sp³-hybridized carbons (Fsp3) is 0.526. The van der Waals surface area contributed by atoms with Crippen molar-refractivity contribution in [2.45, 2.75) is 92.7 Å². The van der Waals surface area contributed by atoms with E-state index in [9.17, 15) is 9.18 Å². The predicted octanol–water partition coefficient (Wildman–Crippen LogP) is 8.71. The summed E-state index contributed by atoms with van der Waals surface area (Å²) in [6, 6.07) is 4.82. The summed E-state index contributed by atoms with van der Waals surface area (Å²) < 4.78 is 35.8. The lowest BCUT2D eigenvalue weighted by Crippen LogP contribution is -2.50. The monoisotopic (exact) mass is 679 g/mol. The molecule has 0 aromatic heterocycles. The lowest BCUT2D eigenvalue weighted by Gasteiger charge is -2.35. The SMILES string of the molecule is CCC(CC(=NC1=C(C)N2CC(C)(C)N=C2N(CC)C1=O)c1ccc(F)c(C2=NC(C)C(C)(C)CCO2)c1)CC1C=CC(F)=C(Cl)C=C1. The van der Waals surface area contributed by atoms with Crippen LogP contribution in [-0.4, -0.2) is 64.6 Å². The van der Waals surface area contributed by atoms with Gasteiger partial charge in [0.25, 0.3) is 5.91 Å². The molecule has 0 radical (unpaired) electrons. The number of carbonyl (C=O) groups is 1. The van der Waals surface area contributed by atoms with Gasteiger partial charge in [-0.1, -0.05) is 57.0 Å². The molecule has 1 amide bonds. The van der Waals surface area contributed by atoms with Gasteiger partial charge in [0.15, 0.2) is 0 Å². The van der Waals surface area contributed by atoms with Crippen molar-refractivity contribution in [3.8, 4) is 0 Å². The van der Waals surface area contributed by atoms with Gasteiger partial charge in [-0.2, -0.15) is 0 Å². The quantitative estimate of drug-likeness (QED) is 0.245. The highest BCUT2D eigenvalue weighted by atomic mass is 35.5. The average molecular weight is 680 g/mol. The number of aliphatic imine (C=N–C) groups is 3. The zero-order chi connectivity index (χ0) is 35.0. The van der Waals surface area contributed by atoms with Crippen molar-refractivity contribution in [1.29, 1.82) is 0 Å². The highest BCUT2D eigenvalue weighted by Gasteiger charge is 2.42. The number of rotatable bonds is 9. The standard InChI is InChI=1S/C38H48ClF2N5O2/c1-9-25(19-26-11-14-29(39)31(41)15-12-26)20-32(43-33-23(3)46-22-38(7,8)44-36(46)45(10-2)35(33)47)27-13-16-30(40)28(21-27)34-42-24(4)37(5,6)17-18-48-34/h11-16,21,24-26H,9-10,17-20,22H2,1-8H3. The molecule has 0 saturated heterocycles. The van der Waals surface area contributed by atoms with Crippen LogP contribution in [0.5, 0.6) is 0 Å². The molecule has 3 aliphatic heterocycles. The van der Waals surface area contributed by atoms with E-state index in [0.29, 0.717) is 55.5 Å². The molecular weight excluding hydrogens is 632 g/mol. The van der Waals surface area contributed by atoms with Gasteiger partial charge in [0.2, 0.25) is 11.9 Å². The fourth-order valence-electron chi connectivity index (χ4n) is 6.45. The molecule has 0 saturated carbocycles. The van der Waals surface area contributed by atoms with E-state index in [-0.39, 0.29) is 51.2 Å². The lowest BCUT2D eigenvalue weighted by molar-refractivity contribution is -0.124. The molecule has 5 rings (SSSR count). The molecule has 3 unspecified atom stereocenters. The van der Waals surface area contributed by atoms with Crippen molar-refractivity contribution in [3.05, 3.63) is 81.7 Å². The van der Waals surface area contributed by atoms with E-state index in [1.54, 1.807) is 23.1 Å². The Labute approximate surface area is 288 Å². The van der Waals surface area contributed by atoms with E-state index in [2.05, 4.69) is 39.5 Å². The van der Waals surface area contributed by atoms with Crippen LogP contribution in [-0.2, 0) is 9.53 Å². The number of benzene rings is 1. The number of guanidine groups is 1. The Balaban J connectivity index is 1.59. The summed E-state index contributed by atoms with van der Waals surface area (Å²) in [5.74, 6) is -0.120. The van der Waals surface area contributed by atoms with Crippen LogP contribution < -0.4 is 0 Å². The van der Waals surface area contributed by atoms with Gasteiger partial charge in [-0.3, -0.25) is 9.69 Å². The van der Waals surface area contributed by atoms with Crippen LogP contribution in [0.1, 0.15) is 92.2 Å². The Morgan fingerprint density at radius 2 is 1.90 bits per heavy atom. The number of hydrogen-bond acceptors (Lipinski definition) is 6. The number of ether oxygens (including phenoxy) is 1. The smallest absolute Gasteiger partial charge is 0.280 e. The second-order valence-corrected chi connectivity index (χ2v) is 14.9. The van der Waals surface area contributed by atoms with Crippen molar-refractivity contribution < 1.29 is 18.3 Å². The number of carbonyl (C=O) groups excluding carboxylic acids is 1.